The number of hydrogen-bond donors (Lipinski definition) is 1. The number of halogens is 1. The molecule has 4 rings (SSSR count). The van der Waals surface area contributed by atoms with Gasteiger partial charge in [0.05, 0.1) is 11.4 Å². The predicted molar refractivity (Wildman–Crippen MR) is 111 cm³/mol. The van der Waals surface area contributed by atoms with Crippen molar-refractivity contribution in [1.29, 1.82) is 0 Å². The molecule has 0 radical (unpaired) electrons. The second-order valence-electron chi connectivity index (χ2n) is 7.46. The van der Waals surface area contributed by atoms with E-state index < -0.39 is 0 Å². The van der Waals surface area contributed by atoms with Crippen molar-refractivity contribution in [2.45, 2.75) is 59.0 Å². The van der Waals surface area contributed by atoms with Crippen LogP contribution in [0.5, 0.6) is 0 Å². The third kappa shape index (κ3) is 3.98. The molecule has 0 bridgehead atoms. The van der Waals surface area contributed by atoms with Crippen molar-refractivity contribution in [2.75, 3.05) is 6.54 Å². The topological polar surface area (TPSA) is 60.6 Å². The number of nitrogens with one attached hydrogen (secondary N) is 1. The van der Waals surface area contributed by atoms with Gasteiger partial charge in [-0.15, -0.1) is 10.2 Å². The predicted octanol–water partition coefficient (Wildman–Crippen LogP) is 3.79. The second-order valence-corrected chi connectivity index (χ2v) is 7.90. The maximum Gasteiger partial charge on any atom is 0.134 e. The highest BCUT2D eigenvalue weighted by Crippen LogP contribution is 2.20. The molecule has 148 valence electrons. The van der Waals surface area contributed by atoms with E-state index in [4.69, 9.17) is 16.7 Å². The summed E-state index contributed by atoms with van der Waals surface area (Å²) in [4.78, 5) is 0. The van der Waals surface area contributed by atoms with E-state index >= 15 is 0 Å². The normalized spacial score (nSPS) is 14.1. The summed E-state index contributed by atoms with van der Waals surface area (Å²) in [5.74, 6) is 2.26. The largest absolute Gasteiger partial charge is 0.315 e. The molecule has 0 fully saturated rings. The number of rotatable bonds is 6. The average molecular weight is 399 g/mol. The van der Waals surface area contributed by atoms with Gasteiger partial charge in [0, 0.05) is 48.8 Å². The van der Waals surface area contributed by atoms with Crippen LogP contribution in [0.2, 0.25) is 5.02 Å². The summed E-state index contributed by atoms with van der Waals surface area (Å²) in [5.41, 5.74) is 4.48. The fourth-order valence-corrected chi connectivity index (χ4v) is 4.03. The zero-order chi connectivity index (χ0) is 19.5. The van der Waals surface area contributed by atoms with Gasteiger partial charge in [-0.1, -0.05) is 18.0 Å². The Kier molecular flexibility index (Phi) is 5.78. The SMILES string of the molecule is Cc1nn(-c2ccc(Cl)cc2)c(C)c1CNCCc1nnc2n1CCCCC2. The van der Waals surface area contributed by atoms with E-state index in [1.807, 2.05) is 28.9 Å². The molecule has 0 amide bonds. The van der Waals surface area contributed by atoms with Gasteiger partial charge in [0.2, 0.25) is 0 Å². The highest BCUT2D eigenvalue weighted by Gasteiger charge is 2.15. The van der Waals surface area contributed by atoms with Crippen LogP contribution in [-0.2, 0) is 25.9 Å². The standard InChI is InChI=1S/C21H27ClN6/c1-15-19(16(2)28(26-15)18-9-7-17(22)8-10-18)14-23-12-11-21-25-24-20-6-4-3-5-13-27(20)21/h7-10,23H,3-6,11-14H2,1-2H3. The molecule has 2 aromatic heterocycles. The zero-order valence-electron chi connectivity index (χ0n) is 16.6. The maximum absolute atomic E-state index is 6.00. The van der Waals surface area contributed by atoms with Crippen molar-refractivity contribution < 1.29 is 0 Å². The molecule has 7 heteroatoms. The van der Waals surface area contributed by atoms with Gasteiger partial charge in [0.25, 0.3) is 0 Å². The third-order valence-electron chi connectivity index (χ3n) is 5.53. The van der Waals surface area contributed by atoms with E-state index in [0.717, 1.165) is 66.2 Å². The Bertz CT molecular complexity index is 941. The monoisotopic (exact) mass is 398 g/mol. The van der Waals surface area contributed by atoms with E-state index in [2.05, 4.69) is 33.9 Å². The first kappa shape index (κ1) is 19.2. The first-order valence-corrected chi connectivity index (χ1v) is 10.4. The number of aryl methyl sites for hydroxylation is 2. The van der Waals surface area contributed by atoms with E-state index in [1.54, 1.807) is 0 Å². The summed E-state index contributed by atoms with van der Waals surface area (Å²) in [7, 11) is 0. The lowest BCUT2D eigenvalue weighted by Gasteiger charge is -2.09. The fraction of sp³-hybridized carbons (Fsp3) is 0.476. The lowest BCUT2D eigenvalue weighted by molar-refractivity contribution is 0.587. The zero-order valence-corrected chi connectivity index (χ0v) is 17.3. The van der Waals surface area contributed by atoms with Gasteiger partial charge >= 0.3 is 0 Å². The Labute approximate surface area is 170 Å². The Hall–Kier alpha value is -2.18. The molecule has 0 spiro atoms. The van der Waals surface area contributed by atoms with Crippen LogP contribution in [0.3, 0.4) is 0 Å². The summed E-state index contributed by atoms with van der Waals surface area (Å²) >= 11 is 6.00. The molecule has 6 nitrogen and oxygen atoms in total. The Morgan fingerprint density at radius 2 is 1.89 bits per heavy atom. The van der Waals surface area contributed by atoms with Crippen LogP contribution in [0.4, 0.5) is 0 Å². The highest BCUT2D eigenvalue weighted by atomic mass is 35.5. The minimum atomic E-state index is 0.735. The number of nitrogens with zero attached hydrogens (tertiary/aromatic N) is 5. The van der Waals surface area contributed by atoms with Gasteiger partial charge in [0.1, 0.15) is 11.6 Å². The lowest BCUT2D eigenvalue weighted by Crippen LogP contribution is -2.19. The van der Waals surface area contributed by atoms with Gasteiger partial charge in [-0.05, 0) is 51.0 Å². The minimum Gasteiger partial charge on any atom is -0.315 e. The van der Waals surface area contributed by atoms with Crippen molar-refractivity contribution in [3.8, 4) is 5.69 Å². The van der Waals surface area contributed by atoms with Crippen LogP contribution in [-0.4, -0.2) is 31.1 Å². The van der Waals surface area contributed by atoms with E-state index in [9.17, 15) is 0 Å². The number of hydrogen-bond acceptors (Lipinski definition) is 4. The Morgan fingerprint density at radius 1 is 1.07 bits per heavy atom. The van der Waals surface area contributed by atoms with Crippen molar-refractivity contribution in [2.24, 2.45) is 0 Å². The van der Waals surface area contributed by atoms with E-state index in [1.165, 1.54) is 24.8 Å². The summed E-state index contributed by atoms with van der Waals surface area (Å²) in [6.07, 6.45) is 5.70. The van der Waals surface area contributed by atoms with Crippen LogP contribution < -0.4 is 5.32 Å². The molecule has 0 unspecified atom stereocenters. The summed E-state index contributed by atoms with van der Waals surface area (Å²) in [6.45, 7) is 6.91. The van der Waals surface area contributed by atoms with E-state index in [0.29, 0.717) is 0 Å². The number of fused-ring (bicyclic) bond motifs is 1. The smallest absolute Gasteiger partial charge is 0.134 e. The summed E-state index contributed by atoms with van der Waals surface area (Å²) < 4.78 is 4.31. The molecule has 0 saturated heterocycles. The van der Waals surface area contributed by atoms with Crippen LogP contribution in [0, 0.1) is 13.8 Å². The number of aromatic nitrogens is 5. The molecular formula is C21H27ClN6. The molecule has 3 heterocycles. The Balaban J connectivity index is 1.38. The molecule has 1 aromatic carbocycles. The fourth-order valence-electron chi connectivity index (χ4n) is 3.91. The van der Waals surface area contributed by atoms with Gasteiger partial charge in [0.15, 0.2) is 0 Å². The van der Waals surface area contributed by atoms with Crippen molar-refractivity contribution in [1.82, 2.24) is 29.9 Å². The van der Waals surface area contributed by atoms with Gasteiger partial charge in [-0.2, -0.15) is 5.10 Å². The van der Waals surface area contributed by atoms with Gasteiger partial charge in [-0.25, -0.2) is 4.68 Å². The average Bonchev–Trinajstić information content (AvgIpc) is 3.09. The van der Waals surface area contributed by atoms with E-state index in [-0.39, 0.29) is 0 Å². The molecule has 0 aliphatic carbocycles. The lowest BCUT2D eigenvalue weighted by atomic mass is 10.2. The van der Waals surface area contributed by atoms with Crippen molar-refractivity contribution >= 4 is 11.6 Å². The van der Waals surface area contributed by atoms with Crippen molar-refractivity contribution in [3.63, 3.8) is 0 Å². The molecular weight excluding hydrogens is 372 g/mol. The summed E-state index contributed by atoms with van der Waals surface area (Å²) in [6, 6.07) is 7.78. The van der Waals surface area contributed by atoms with Crippen molar-refractivity contribution in [3.05, 3.63) is 57.9 Å². The molecule has 0 saturated carbocycles. The molecule has 1 aliphatic rings. The maximum atomic E-state index is 6.00. The van der Waals surface area contributed by atoms with Crippen LogP contribution in [0.1, 0.15) is 47.9 Å². The Morgan fingerprint density at radius 3 is 2.71 bits per heavy atom. The first-order chi connectivity index (χ1) is 13.6. The second kappa shape index (κ2) is 8.45. The third-order valence-corrected chi connectivity index (χ3v) is 5.78. The van der Waals surface area contributed by atoms with Crippen LogP contribution in [0.15, 0.2) is 24.3 Å². The molecule has 28 heavy (non-hydrogen) atoms. The van der Waals surface area contributed by atoms with Gasteiger partial charge < -0.3 is 9.88 Å². The molecule has 1 aliphatic heterocycles. The van der Waals surface area contributed by atoms with Crippen LogP contribution >= 0.6 is 11.6 Å². The first-order valence-electron chi connectivity index (χ1n) is 10.1. The highest BCUT2D eigenvalue weighted by molar-refractivity contribution is 6.30. The minimum absolute atomic E-state index is 0.735. The molecule has 1 N–H and O–H groups in total. The van der Waals surface area contributed by atoms with Gasteiger partial charge in [-0.3, -0.25) is 0 Å². The molecule has 3 aromatic rings. The summed E-state index contributed by atoms with van der Waals surface area (Å²) in [5, 5.41) is 17.8. The molecule has 0 atom stereocenters. The van der Waals surface area contributed by atoms with Crippen LogP contribution in [0.25, 0.3) is 5.69 Å². The number of benzene rings is 1. The quantitative estimate of drug-likeness (QED) is 0.641.